The van der Waals surface area contributed by atoms with Crippen molar-refractivity contribution in [1.29, 1.82) is 5.26 Å². The molecule has 1 aromatic carbocycles. The fourth-order valence-electron chi connectivity index (χ4n) is 4.07. The van der Waals surface area contributed by atoms with E-state index in [1.54, 1.807) is 6.07 Å². The lowest BCUT2D eigenvalue weighted by Gasteiger charge is -2.29. The average molecular weight is 473 g/mol. The van der Waals surface area contributed by atoms with E-state index in [1.165, 1.54) is 6.07 Å². The number of hydrogen-bond acceptors (Lipinski definition) is 6. The summed E-state index contributed by atoms with van der Waals surface area (Å²) in [5.41, 5.74) is -1.29. The van der Waals surface area contributed by atoms with Crippen LogP contribution in [0, 0.1) is 17.2 Å². The first-order valence-electron chi connectivity index (χ1n) is 10.0. The van der Waals surface area contributed by atoms with Crippen molar-refractivity contribution < 1.29 is 35.9 Å². The number of carbonyl (C=O) groups is 2. The predicted molar refractivity (Wildman–Crippen MR) is 105 cm³/mol. The molecule has 12 heteroatoms. The van der Waals surface area contributed by atoms with Crippen molar-refractivity contribution in [2.24, 2.45) is 5.92 Å². The fourth-order valence-corrected chi connectivity index (χ4v) is 5.98. The second-order valence-electron chi connectivity index (χ2n) is 7.67. The molecule has 8 nitrogen and oxygen atoms in total. The molecule has 2 fully saturated rings. The highest BCUT2D eigenvalue weighted by molar-refractivity contribution is 7.92. The van der Waals surface area contributed by atoms with E-state index in [2.05, 4.69) is 5.32 Å². The van der Waals surface area contributed by atoms with Crippen molar-refractivity contribution in [1.82, 2.24) is 10.2 Å². The highest BCUT2D eigenvalue weighted by Gasteiger charge is 2.48. The van der Waals surface area contributed by atoms with Crippen LogP contribution < -0.4 is 5.32 Å². The summed E-state index contributed by atoms with van der Waals surface area (Å²) in [7, 11) is -4.52. The van der Waals surface area contributed by atoms with E-state index in [0.29, 0.717) is 32.1 Å². The quantitative estimate of drug-likeness (QED) is 0.648. The first-order valence-corrected chi connectivity index (χ1v) is 11.5. The number of halogens is 3. The first kappa shape index (κ1) is 24.0. The predicted octanol–water partition coefficient (Wildman–Crippen LogP) is 1.51. The topological polar surface area (TPSA) is 117 Å². The van der Waals surface area contributed by atoms with Crippen molar-refractivity contribution >= 4 is 21.7 Å². The number of nitrogens with zero attached hydrogens (tertiary/aromatic N) is 2. The number of carbonyl (C=O) groups excluding carboxylic acids is 2. The largest absolute Gasteiger partial charge is 0.417 e. The van der Waals surface area contributed by atoms with E-state index in [-0.39, 0.29) is 13.0 Å². The van der Waals surface area contributed by atoms with E-state index in [9.17, 15) is 31.2 Å². The molecule has 32 heavy (non-hydrogen) atoms. The Morgan fingerprint density at radius 2 is 1.88 bits per heavy atom. The van der Waals surface area contributed by atoms with E-state index in [1.807, 2.05) is 0 Å². The second kappa shape index (κ2) is 9.46. The Bertz CT molecular complexity index is 1020. The zero-order chi connectivity index (χ0) is 23.5. The molecule has 2 aliphatic rings. The summed E-state index contributed by atoms with van der Waals surface area (Å²) in [5, 5.41) is 9.63. The van der Waals surface area contributed by atoms with Gasteiger partial charge in [-0.05, 0) is 31.4 Å². The summed E-state index contributed by atoms with van der Waals surface area (Å²) in [5.74, 6) is -1.63. The summed E-state index contributed by atoms with van der Waals surface area (Å²) in [6, 6.07) is 4.38. The van der Waals surface area contributed by atoms with E-state index >= 15 is 0 Å². The van der Waals surface area contributed by atoms with Crippen LogP contribution >= 0.6 is 0 Å². The van der Waals surface area contributed by atoms with Crippen LogP contribution in [0.3, 0.4) is 0 Å². The van der Waals surface area contributed by atoms with Gasteiger partial charge in [-0.25, -0.2) is 8.42 Å². The highest BCUT2D eigenvalue weighted by Crippen LogP contribution is 2.38. The summed E-state index contributed by atoms with van der Waals surface area (Å²) in [6.07, 6.45) is -4.45. The van der Waals surface area contributed by atoms with E-state index < -0.39 is 62.0 Å². The SMILES string of the molecule is N#CCNC(=O)[C@@H]1C[C@@H](S(=O)(=O)c2ccccc2C(F)(F)F)CN1C(=O)C1CCOCC1. The number of nitriles is 1. The molecule has 2 atom stereocenters. The minimum Gasteiger partial charge on any atom is -0.381 e. The third-order valence-corrected chi connectivity index (χ3v) is 7.89. The molecular weight excluding hydrogens is 451 g/mol. The van der Waals surface area contributed by atoms with Gasteiger partial charge in [0.25, 0.3) is 0 Å². The summed E-state index contributed by atoms with van der Waals surface area (Å²) in [4.78, 5) is 25.9. The molecular formula is C20H22F3N3O5S. The lowest BCUT2D eigenvalue weighted by molar-refractivity contribution is -0.143. The molecule has 0 aromatic heterocycles. The van der Waals surface area contributed by atoms with Gasteiger partial charge in [-0.3, -0.25) is 9.59 Å². The summed E-state index contributed by atoms with van der Waals surface area (Å²) >= 11 is 0. The zero-order valence-corrected chi connectivity index (χ0v) is 17.8. The number of hydrogen-bond donors (Lipinski definition) is 1. The second-order valence-corrected chi connectivity index (χ2v) is 9.86. The van der Waals surface area contributed by atoms with Crippen molar-refractivity contribution in [3.05, 3.63) is 29.8 Å². The monoisotopic (exact) mass is 473 g/mol. The maximum absolute atomic E-state index is 13.4. The Kier molecular flexibility index (Phi) is 7.09. The van der Waals surface area contributed by atoms with Crippen molar-refractivity contribution in [2.75, 3.05) is 26.3 Å². The Balaban J connectivity index is 1.93. The third-order valence-electron chi connectivity index (χ3n) is 5.70. The molecule has 2 saturated heterocycles. The number of amides is 2. The minimum atomic E-state index is -4.89. The maximum atomic E-state index is 13.4. The molecule has 0 unspecified atom stereocenters. The lowest BCUT2D eigenvalue weighted by Crippen LogP contribution is -2.48. The third kappa shape index (κ3) is 4.88. The molecule has 2 aliphatic heterocycles. The van der Waals surface area contributed by atoms with Gasteiger partial charge < -0.3 is 15.0 Å². The van der Waals surface area contributed by atoms with Gasteiger partial charge in [0.05, 0.1) is 21.8 Å². The number of nitrogens with one attached hydrogen (secondary N) is 1. The van der Waals surface area contributed by atoms with Gasteiger partial charge in [-0.1, -0.05) is 12.1 Å². The van der Waals surface area contributed by atoms with Crippen molar-refractivity contribution in [2.45, 2.75) is 41.6 Å². The molecule has 1 aromatic rings. The molecule has 0 aliphatic carbocycles. The van der Waals surface area contributed by atoms with Crippen LogP contribution in [0.15, 0.2) is 29.2 Å². The molecule has 0 spiro atoms. The van der Waals surface area contributed by atoms with Gasteiger partial charge in [0, 0.05) is 25.7 Å². The summed E-state index contributed by atoms with van der Waals surface area (Å²) < 4.78 is 71.9. The van der Waals surface area contributed by atoms with Crippen molar-refractivity contribution in [3.8, 4) is 6.07 Å². The van der Waals surface area contributed by atoms with Crippen LogP contribution in [-0.2, 0) is 30.3 Å². The Morgan fingerprint density at radius 1 is 1.22 bits per heavy atom. The van der Waals surface area contributed by atoms with Crippen molar-refractivity contribution in [3.63, 3.8) is 0 Å². The molecule has 3 rings (SSSR count). The number of ether oxygens (including phenoxy) is 1. The average Bonchev–Trinajstić information content (AvgIpc) is 3.23. The number of rotatable bonds is 5. The van der Waals surface area contributed by atoms with Crippen LogP contribution in [0.4, 0.5) is 13.2 Å². The molecule has 2 amide bonds. The molecule has 174 valence electrons. The first-order chi connectivity index (χ1) is 15.1. The molecule has 0 radical (unpaired) electrons. The normalized spacial score (nSPS) is 22.4. The standard InChI is InChI=1S/C20H22F3N3O5S/c21-20(22,23)15-3-1-2-4-17(15)32(29,30)14-11-16(18(27)25-8-7-24)26(12-14)19(28)13-5-9-31-10-6-13/h1-4,13-14,16H,5-6,8-12H2,(H,25,27)/t14-,16+/m1/s1. The van der Waals surface area contributed by atoms with Gasteiger partial charge in [-0.15, -0.1) is 0 Å². The Morgan fingerprint density at radius 3 is 2.50 bits per heavy atom. The molecule has 1 N–H and O–H groups in total. The minimum absolute atomic E-state index is 0.343. The van der Waals surface area contributed by atoms with Crippen LogP contribution in [0.1, 0.15) is 24.8 Å². The van der Waals surface area contributed by atoms with Gasteiger partial charge >= 0.3 is 6.18 Å². The number of likely N-dealkylation sites (tertiary alicyclic amines) is 1. The smallest absolute Gasteiger partial charge is 0.381 e. The number of benzene rings is 1. The van der Waals surface area contributed by atoms with Crippen LogP contribution in [0.2, 0.25) is 0 Å². The molecule has 0 saturated carbocycles. The lowest BCUT2D eigenvalue weighted by atomic mass is 9.98. The fraction of sp³-hybridized carbons (Fsp3) is 0.550. The van der Waals surface area contributed by atoms with Crippen LogP contribution in [0.5, 0.6) is 0 Å². The summed E-state index contributed by atoms with van der Waals surface area (Å²) in [6.45, 7) is -0.0647. The van der Waals surface area contributed by atoms with Gasteiger partial charge in [0.2, 0.25) is 11.8 Å². The van der Waals surface area contributed by atoms with E-state index in [4.69, 9.17) is 10.00 Å². The Labute approximate surface area is 183 Å². The zero-order valence-electron chi connectivity index (χ0n) is 17.0. The number of alkyl halides is 3. The highest BCUT2D eigenvalue weighted by atomic mass is 32.2. The Hall–Kier alpha value is -2.65. The number of sulfone groups is 1. The molecule has 2 heterocycles. The van der Waals surface area contributed by atoms with Crippen LogP contribution in [-0.4, -0.2) is 62.7 Å². The maximum Gasteiger partial charge on any atom is 0.417 e. The van der Waals surface area contributed by atoms with Gasteiger partial charge in [0.1, 0.15) is 12.6 Å². The van der Waals surface area contributed by atoms with Gasteiger partial charge in [-0.2, -0.15) is 18.4 Å². The van der Waals surface area contributed by atoms with E-state index in [0.717, 1.165) is 17.0 Å². The van der Waals surface area contributed by atoms with Crippen LogP contribution in [0.25, 0.3) is 0 Å². The van der Waals surface area contributed by atoms with Gasteiger partial charge in [0.15, 0.2) is 9.84 Å². The molecule has 0 bridgehead atoms.